The number of H-pyrrole nitrogens is 1. The maximum Gasteiger partial charge on any atom is 0.490 e. The van der Waals surface area contributed by atoms with Gasteiger partial charge < -0.3 is 63.9 Å². The number of allylic oxidation sites excluding steroid dienone is 4. The number of aromatic nitrogens is 2. The smallest absolute Gasteiger partial charge is 0.390 e. The monoisotopic (exact) mass is 1600 g/mol. The molecule has 0 saturated carbocycles. The van der Waals surface area contributed by atoms with Crippen LogP contribution in [-0.4, -0.2) is 218 Å². The van der Waals surface area contributed by atoms with Crippen LogP contribution >= 0.6 is 23.5 Å². The zero-order valence-electron chi connectivity index (χ0n) is 55.9. The summed E-state index contributed by atoms with van der Waals surface area (Å²) in [4.78, 5) is 89.5. The molecule has 0 radical (unpaired) electrons. The van der Waals surface area contributed by atoms with E-state index in [2.05, 4.69) is 35.6 Å². The Morgan fingerprint density at radius 1 is 0.728 bits per heavy atom. The highest BCUT2D eigenvalue weighted by molar-refractivity contribution is 7.86. The predicted molar refractivity (Wildman–Crippen MR) is 363 cm³/mol. The molecule has 0 spiro atoms. The number of unbranched alkanes of at least 4 members (excludes halogenated alkanes) is 3. The fourth-order valence-electron chi connectivity index (χ4n) is 11.3. The quantitative estimate of drug-likeness (QED) is 0.0127. The molecule has 2 amide bonds. The van der Waals surface area contributed by atoms with Crippen LogP contribution < -0.4 is 26.8 Å². The van der Waals surface area contributed by atoms with E-state index in [0.717, 1.165) is 10.8 Å². The van der Waals surface area contributed by atoms with Crippen molar-refractivity contribution in [2.75, 3.05) is 102 Å². The molecule has 103 heavy (non-hydrogen) atoms. The molecule has 3 aliphatic heterocycles. The second-order valence-corrected chi connectivity index (χ2v) is 34.6. The van der Waals surface area contributed by atoms with Gasteiger partial charge in [0.1, 0.15) is 24.4 Å². The van der Waals surface area contributed by atoms with Crippen LogP contribution in [0, 0.1) is 11.8 Å². The van der Waals surface area contributed by atoms with E-state index in [1.165, 1.54) is 30.3 Å². The van der Waals surface area contributed by atoms with E-state index < -0.39 is 133 Å². The number of hydrogen-bond acceptors (Lipinski definition) is 25. The Morgan fingerprint density at radius 3 is 1.94 bits per heavy atom. The van der Waals surface area contributed by atoms with Crippen molar-refractivity contribution in [3.05, 3.63) is 104 Å². The second-order valence-electron chi connectivity index (χ2n) is 24.2. The molecule has 3 aromatic rings. The number of carbonyl (C=O) groups excluding carboxylic acids is 2. The molecule has 0 aliphatic carbocycles. The number of ether oxygens (including phenoxy) is 5. The number of anilines is 1. The SMILES string of the molecule is CC1(C)C(/C=C/C=C2/N(CCCS(=O)(=O)O)c3ccc(S(=O)(=O)O)cc3C2(C)CCCCS(=O)(=O)O)=[N+](CCCCCC(=O)NCCOCCOCCOCCOCCC(=O)NCC#Cc2cn([C@H]3C[C@H](O)[C@@H](COP(=O)(O)OP(=O)(O)OP(=O)(O)O)O3)c(=O)[nH]c2=O)c2ccc(S(=O)(=O)O)cc21. The fraction of sp³-hybridized carbons (Fsp3) is 0.569. The van der Waals surface area contributed by atoms with Gasteiger partial charge in [-0.05, 0) is 94.8 Å². The number of nitrogens with zero attached hydrogens (tertiary/aromatic N) is 3. The van der Waals surface area contributed by atoms with Gasteiger partial charge in [-0.15, -0.1) is 0 Å². The molecular formula is C58H84N6O32P3S4+. The Morgan fingerprint density at radius 2 is 1.32 bits per heavy atom. The van der Waals surface area contributed by atoms with Gasteiger partial charge in [0.05, 0.1) is 98.8 Å². The topological polar surface area (TPSA) is 563 Å². The van der Waals surface area contributed by atoms with Crippen LogP contribution in [0.25, 0.3) is 0 Å². The van der Waals surface area contributed by atoms with E-state index in [1.807, 2.05) is 23.4 Å². The highest BCUT2D eigenvalue weighted by Gasteiger charge is 2.47. The Hall–Kier alpha value is -5.62. The Bertz CT molecular complexity index is 4460. The third kappa shape index (κ3) is 27.3. The summed E-state index contributed by atoms with van der Waals surface area (Å²) in [5.74, 6) is 3.24. The minimum atomic E-state index is -5.81. The first-order chi connectivity index (χ1) is 47.9. The Kier molecular flexibility index (Phi) is 31.2. The van der Waals surface area contributed by atoms with E-state index in [1.54, 1.807) is 36.1 Å². The van der Waals surface area contributed by atoms with Crippen molar-refractivity contribution in [1.29, 1.82) is 0 Å². The lowest BCUT2D eigenvalue weighted by Crippen LogP contribution is -2.34. The zero-order valence-corrected chi connectivity index (χ0v) is 61.9. The first-order valence-corrected chi connectivity index (χ1v) is 42.3. The number of aromatic amines is 1. The maximum atomic E-state index is 12.8. The normalized spacial score (nSPS) is 20.0. The minimum Gasteiger partial charge on any atom is -0.390 e. The molecule has 6 atom stereocenters. The Balaban J connectivity index is 0.880. The lowest BCUT2D eigenvalue weighted by molar-refractivity contribution is -0.438. The number of hydrogen-bond donors (Lipinski definition) is 12. The van der Waals surface area contributed by atoms with Crippen molar-refractivity contribution >= 4 is 92.8 Å². The van der Waals surface area contributed by atoms with Crippen molar-refractivity contribution in [3.63, 3.8) is 0 Å². The zero-order chi connectivity index (χ0) is 76.4. The fourth-order valence-corrected chi connectivity index (χ4v) is 16.4. The summed E-state index contributed by atoms with van der Waals surface area (Å²) in [6.07, 6.45) is 3.81. The molecule has 0 bridgehead atoms. The average Bonchev–Trinajstić information content (AvgIpc) is 1.59. The first kappa shape index (κ1) is 86.3. The van der Waals surface area contributed by atoms with Gasteiger partial charge in [0.25, 0.3) is 46.0 Å². The molecule has 4 heterocycles. The van der Waals surface area contributed by atoms with E-state index in [0.29, 0.717) is 59.7 Å². The average molecular weight is 1600 g/mol. The van der Waals surface area contributed by atoms with Gasteiger partial charge in [-0.25, -0.2) is 18.5 Å². The van der Waals surface area contributed by atoms with Crippen molar-refractivity contribution in [2.45, 2.75) is 124 Å². The largest absolute Gasteiger partial charge is 0.490 e. The highest BCUT2D eigenvalue weighted by Crippen LogP contribution is 2.66. The summed E-state index contributed by atoms with van der Waals surface area (Å²) in [5.41, 5.74) is -0.843. The predicted octanol–water partition coefficient (Wildman–Crippen LogP) is 2.25. The number of amides is 2. The van der Waals surface area contributed by atoms with Gasteiger partial charge in [0, 0.05) is 79.5 Å². The molecular weight excluding hydrogens is 1510 g/mol. The number of phosphoric ester groups is 1. The van der Waals surface area contributed by atoms with Crippen LogP contribution in [0.1, 0.15) is 108 Å². The summed E-state index contributed by atoms with van der Waals surface area (Å²) in [7, 11) is -35.1. The minimum absolute atomic E-state index is 0.00676. The summed E-state index contributed by atoms with van der Waals surface area (Å²) in [6, 6.07) is 8.20. The number of rotatable bonds is 43. The van der Waals surface area contributed by atoms with Crippen LogP contribution in [0.5, 0.6) is 0 Å². The number of phosphoric acid groups is 3. The number of benzene rings is 2. The number of nitrogens with one attached hydrogen (secondary N) is 3. The Labute approximate surface area is 593 Å². The van der Waals surface area contributed by atoms with E-state index in [4.69, 9.17) is 33.5 Å². The first-order valence-electron chi connectivity index (χ1n) is 31.7. The molecule has 12 N–H and O–H groups in total. The van der Waals surface area contributed by atoms with E-state index in [9.17, 15) is 99.6 Å². The molecule has 45 heteroatoms. The molecule has 1 aromatic heterocycles. The maximum absolute atomic E-state index is 12.8. The second kappa shape index (κ2) is 37.3. The van der Waals surface area contributed by atoms with Crippen molar-refractivity contribution < 1.29 is 141 Å². The lowest BCUT2D eigenvalue weighted by Gasteiger charge is -2.30. The van der Waals surface area contributed by atoms with Crippen LogP contribution in [0.4, 0.5) is 11.4 Å². The molecule has 3 unspecified atom stereocenters. The molecule has 38 nitrogen and oxygen atoms in total. The number of fused-ring (bicyclic) bond motifs is 2. The van der Waals surface area contributed by atoms with Crippen LogP contribution in [0.3, 0.4) is 0 Å². The lowest BCUT2D eigenvalue weighted by atomic mass is 9.77. The van der Waals surface area contributed by atoms with Gasteiger partial charge in [-0.3, -0.25) is 46.7 Å². The number of carbonyl (C=O) groups is 2. The summed E-state index contributed by atoms with van der Waals surface area (Å²) < 4.78 is 212. The van der Waals surface area contributed by atoms with E-state index >= 15 is 0 Å². The van der Waals surface area contributed by atoms with Gasteiger partial charge in [-0.1, -0.05) is 24.3 Å². The molecule has 1 saturated heterocycles. The van der Waals surface area contributed by atoms with Crippen LogP contribution in [0.15, 0.2) is 85.9 Å². The summed E-state index contributed by atoms with van der Waals surface area (Å²) >= 11 is 0. The third-order valence-corrected chi connectivity index (χ3v) is 23.2. The van der Waals surface area contributed by atoms with Crippen molar-refractivity contribution in [3.8, 4) is 11.8 Å². The standard InChI is InChI=1S/C58H83N6O32P3S4/c1-57(2)44-36-42(102(83,84)85)16-18-46(44)62(50(57)13-9-14-51-58(3,21-6-8-34-100(77,78)79)45-37-43(103(86,87)88)17-19-47(45)63(51)25-11-35-101(80,81)82)24-7-4-5-15-52(66)60-23-27-90-29-31-92-33-32-91-30-28-89-26-20-53(67)59-22-10-12-41-39-64(56(69)61-55(41)68)54-38-48(65)49(94-54)40-93-98(73,74)96-99(75,76)95-97(70,71)72/h9,13-14,16-19,36-37,39,48-49,54,65H,4-8,11,15,20-35,38,40H2,1-3H3,(H10-,59,60,61,66,67,68,69,70,71,72,73,74,75,76,77,78,79,80,81,82,83,84,85,86,87,88)/p+1/t48-,49+,54+,58?/m0/s1. The molecule has 576 valence electrons. The molecule has 3 aliphatic rings. The third-order valence-electron chi connectivity index (χ3n) is 16.1. The number of aliphatic hydroxyl groups is 1. The molecule has 2 aromatic carbocycles. The summed E-state index contributed by atoms with van der Waals surface area (Å²) in [5, 5.41) is 15.7. The summed E-state index contributed by atoms with van der Waals surface area (Å²) in [6.45, 7) is 6.49. The highest BCUT2D eigenvalue weighted by atomic mass is 32.2. The van der Waals surface area contributed by atoms with Gasteiger partial charge >= 0.3 is 29.2 Å². The number of aliphatic hydroxyl groups excluding tert-OH is 1. The van der Waals surface area contributed by atoms with E-state index in [-0.39, 0.29) is 134 Å². The van der Waals surface area contributed by atoms with Gasteiger partial charge in [0.15, 0.2) is 5.71 Å². The van der Waals surface area contributed by atoms with Crippen LogP contribution in [-0.2, 0) is 111 Å². The van der Waals surface area contributed by atoms with Gasteiger partial charge in [-0.2, -0.15) is 46.9 Å². The molecule has 6 rings (SSSR count). The van der Waals surface area contributed by atoms with Crippen molar-refractivity contribution in [2.24, 2.45) is 0 Å². The van der Waals surface area contributed by atoms with Crippen molar-refractivity contribution in [1.82, 2.24) is 20.2 Å². The molecule has 1 fully saturated rings. The van der Waals surface area contributed by atoms with Crippen LogP contribution in [0.2, 0.25) is 0 Å². The van der Waals surface area contributed by atoms with Gasteiger partial charge in [0.2, 0.25) is 17.5 Å².